The van der Waals surface area contributed by atoms with Gasteiger partial charge in [-0.05, 0) is 68.4 Å². The number of rotatable bonds is 5. The van der Waals surface area contributed by atoms with Gasteiger partial charge in [0.05, 0.1) is 10.3 Å². The minimum atomic E-state index is -3.24. The maximum atomic E-state index is 12.8. The Morgan fingerprint density at radius 1 is 1.15 bits per heavy atom. The fraction of sp³-hybridized carbons (Fsp3) is 0.400. The summed E-state index contributed by atoms with van der Waals surface area (Å²) in [7, 11) is -3.24. The Kier molecular flexibility index (Phi) is 6.09. The Bertz CT molecular complexity index is 1250. The van der Waals surface area contributed by atoms with E-state index in [-0.39, 0.29) is 0 Å². The molecule has 3 N–H and O–H groups in total. The molecule has 5 rings (SSSR count). The second-order valence-electron chi connectivity index (χ2n) is 9.66. The number of nitrogens with zero attached hydrogens (tertiary/aromatic N) is 3. The quantitative estimate of drug-likeness (QED) is 0.465. The van der Waals surface area contributed by atoms with Crippen LogP contribution in [0.4, 0.5) is 11.5 Å². The molecule has 1 atom stereocenters. The number of anilines is 1. The third-order valence-electron chi connectivity index (χ3n) is 6.82. The molecule has 0 spiro atoms. The van der Waals surface area contributed by atoms with Crippen molar-refractivity contribution >= 4 is 40.5 Å². The molecule has 0 radical (unpaired) electrons. The lowest BCUT2D eigenvalue weighted by molar-refractivity contribution is 0.171. The highest BCUT2D eigenvalue weighted by atomic mass is 32.1. The maximum absolute atomic E-state index is 12.8. The van der Waals surface area contributed by atoms with Crippen molar-refractivity contribution in [2.75, 3.05) is 11.9 Å². The second-order valence-corrected chi connectivity index (χ2v) is 13.2. The van der Waals surface area contributed by atoms with Crippen molar-refractivity contribution in [3.05, 3.63) is 59.2 Å². The number of fused-ring (bicyclic) bond motifs is 1. The molecule has 1 saturated carbocycles. The van der Waals surface area contributed by atoms with E-state index in [0.717, 1.165) is 37.0 Å². The van der Waals surface area contributed by atoms with Crippen LogP contribution in [0.2, 0.25) is 0 Å². The first-order valence-electron chi connectivity index (χ1n) is 11.6. The summed E-state index contributed by atoms with van der Waals surface area (Å²) in [5, 5.41) is 1.87. The lowest BCUT2D eigenvalue weighted by atomic mass is 9.79. The van der Waals surface area contributed by atoms with Crippen molar-refractivity contribution in [3.63, 3.8) is 0 Å². The van der Waals surface area contributed by atoms with E-state index in [1.54, 1.807) is 6.07 Å². The summed E-state index contributed by atoms with van der Waals surface area (Å²) in [4.78, 5) is 23.5. The molecule has 2 aromatic heterocycles. The molecule has 0 amide bonds. The van der Waals surface area contributed by atoms with E-state index in [4.69, 9.17) is 15.5 Å². The summed E-state index contributed by atoms with van der Waals surface area (Å²) >= 11 is 1.38. The number of hydrogen-bond donors (Lipinski definition) is 2. The molecule has 1 unspecified atom stereocenters. The summed E-state index contributed by atoms with van der Waals surface area (Å²) in [6.45, 7) is 3.94. The summed E-state index contributed by atoms with van der Waals surface area (Å²) in [5.74, 6) is 1.47. The molecule has 9 heteroatoms. The Morgan fingerprint density at radius 3 is 2.56 bits per heavy atom. The van der Waals surface area contributed by atoms with Gasteiger partial charge in [0.1, 0.15) is 11.9 Å². The van der Waals surface area contributed by atoms with Crippen LogP contribution in [0.25, 0.3) is 0 Å². The number of hydrogen-bond acceptors (Lipinski definition) is 7. The van der Waals surface area contributed by atoms with E-state index in [1.165, 1.54) is 23.2 Å². The monoisotopic (exact) mass is 496 g/mol. The number of nitrogen functional groups attached to an aromatic ring is 1. The van der Waals surface area contributed by atoms with Gasteiger partial charge in [-0.15, -0.1) is 11.3 Å². The van der Waals surface area contributed by atoms with Crippen LogP contribution in [-0.4, -0.2) is 32.3 Å². The number of benzene rings is 1. The fourth-order valence-electron chi connectivity index (χ4n) is 5.00. The van der Waals surface area contributed by atoms with E-state index < -0.39 is 13.0 Å². The van der Waals surface area contributed by atoms with Gasteiger partial charge in [-0.2, -0.15) is 4.98 Å². The highest BCUT2D eigenvalue weighted by Gasteiger charge is 2.35. The SMILES string of the molecule is CC1(C)Oc2ncnc(N)c2N=C1c1ccc([C@H]2CC[C@H](CP(=O)(O)c3cccs3)CC2)cc1. The molecular formula is C25H29N4O3PS. The van der Waals surface area contributed by atoms with Crippen LogP contribution in [0.3, 0.4) is 0 Å². The number of ether oxygens (including phenoxy) is 1. The Labute approximate surface area is 203 Å². The fourth-order valence-corrected chi connectivity index (χ4v) is 8.09. The molecule has 2 aliphatic rings. The first-order chi connectivity index (χ1) is 16.2. The van der Waals surface area contributed by atoms with E-state index in [0.29, 0.717) is 40.0 Å². The summed E-state index contributed by atoms with van der Waals surface area (Å²) in [6, 6.07) is 12.1. The first kappa shape index (κ1) is 23.2. The molecule has 1 aliphatic carbocycles. The van der Waals surface area contributed by atoms with Gasteiger partial charge in [-0.1, -0.05) is 30.3 Å². The van der Waals surface area contributed by atoms with E-state index in [2.05, 4.69) is 34.2 Å². The van der Waals surface area contributed by atoms with Crippen LogP contribution in [0, 0.1) is 5.92 Å². The van der Waals surface area contributed by atoms with Gasteiger partial charge >= 0.3 is 0 Å². The van der Waals surface area contributed by atoms with Crippen LogP contribution < -0.4 is 15.1 Å². The highest BCUT2D eigenvalue weighted by molar-refractivity contribution is 7.71. The average Bonchev–Trinajstić information content (AvgIpc) is 3.35. The van der Waals surface area contributed by atoms with Crippen LogP contribution >= 0.6 is 18.7 Å². The Hall–Kier alpha value is -2.54. The zero-order valence-electron chi connectivity index (χ0n) is 19.3. The number of aliphatic imine (C=N–C) groups is 1. The zero-order chi connectivity index (χ0) is 23.9. The highest BCUT2D eigenvalue weighted by Crippen LogP contribution is 2.47. The second kappa shape index (κ2) is 8.91. The van der Waals surface area contributed by atoms with Crippen molar-refractivity contribution in [1.29, 1.82) is 0 Å². The molecule has 3 heterocycles. The summed E-state index contributed by atoms with van der Waals surface area (Å²) in [5.41, 5.74) is 8.90. The topological polar surface area (TPSA) is 111 Å². The number of nitrogens with two attached hydrogens (primary N) is 1. The van der Waals surface area contributed by atoms with Gasteiger partial charge in [0.2, 0.25) is 13.2 Å². The molecule has 34 heavy (non-hydrogen) atoms. The number of aromatic nitrogens is 2. The molecule has 1 aromatic carbocycles. The third kappa shape index (κ3) is 4.54. The summed E-state index contributed by atoms with van der Waals surface area (Å²) < 4.78 is 19.5. The Balaban J connectivity index is 1.27. The molecular weight excluding hydrogens is 467 g/mol. The van der Waals surface area contributed by atoms with Crippen molar-refractivity contribution in [2.45, 2.75) is 51.0 Å². The minimum Gasteiger partial charge on any atom is -0.463 e. The lowest BCUT2D eigenvalue weighted by Crippen LogP contribution is -2.41. The largest absolute Gasteiger partial charge is 0.463 e. The van der Waals surface area contributed by atoms with Crippen LogP contribution in [-0.2, 0) is 4.57 Å². The molecule has 3 aromatic rings. The molecule has 0 saturated heterocycles. The maximum Gasteiger partial charge on any atom is 0.246 e. The third-order valence-corrected chi connectivity index (χ3v) is 10.5. The molecule has 7 nitrogen and oxygen atoms in total. The van der Waals surface area contributed by atoms with Gasteiger partial charge in [-0.3, -0.25) is 4.57 Å². The van der Waals surface area contributed by atoms with Gasteiger partial charge in [0.25, 0.3) is 0 Å². The van der Waals surface area contributed by atoms with Gasteiger partial charge < -0.3 is 15.4 Å². The van der Waals surface area contributed by atoms with Crippen LogP contribution in [0.5, 0.6) is 5.88 Å². The zero-order valence-corrected chi connectivity index (χ0v) is 21.1. The van der Waals surface area contributed by atoms with Gasteiger partial charge in [-0.25, -0.2) is 9.98 Å². The van der Waals surface area contributed by atoms with E-state index in [9.17, 15) is 9.46 Å². The van der Waals surface area contributed by atoms with Crippen molar-refractivity contribution < 1.29 is 14.2 Å². The van der Waals surface area contributed by atoms with Crippen molar-refractivity contribution in [2.24, 2.45) is 10.9 Å². The first-order valence-corrected chi connectivity index (χ1v) is 14.3. The van der Waals surface area contributed by atoms with Gasteiger partial charge in [0, 0.05) is 11.7 Å². The van der Waals surface area contributed by atoms with E-state index in [1.807, 2.05) is 25.3 Å². The molecule has 1 fully saturated rings. The minimum absolute atomic E-state index is 0.302. The standard InChI is InChI=1S/C25H29N4O3PS/c1-25(2)22(29-21-23(26)27-15-28-24(21)32-25)19-11-9-18(10-12-19)17-7-5-16(6-8-17)14-33(30,31)20-4-3-13-34-20/h3-4,9-13,15-17H,5-8,14H2,1-2H3,(H,30,31)(H2,26,27,28)/t16-,17-. The normalized spacial score (nSPS) is 23.3. The van der Waals surface area contributed by atoms with Crippen LogP contribution in [0.15, 0.2) is 53.1 Å². The van der Waals surface area contributed by atoms with Crippen molar-refractivity contribution in [3.8, 4) is 5.88 Å². The predicted octanol–water partition coefficient (Wildman–Crippen LogP) is 5.28. The van der Waals surface area contributed by atoms with Gasteiger partial charge in [0.15, 0.2) is 11.5 Å². The average molecular weight is 497 g/mol. The van der Waals surface area contributed by atoms with Crippen LogP contribution in [0.1, 0.15) is 56.6 Å². The molecule has 0 bridgehead atoms. The molecule has 1 aliphatic heterocycles. The van der Waals surface area contributed by atoms with Crippen molar-refractivity contribution in [1.82, 2.24) is 9.97 Å². The summed E-state index contributed by atoms with van der Waals surface area (Å²) in [6.07, 6.45) is 5.80. The predicted molar refractivity (Wildman–Crippen MR) is 137 cm³/mol. The Morgan fingerprint density at radius 2 is 1.88 bits per heavy atom. The lowest BCUT2D eigenvalue weighted by Gasteiger charge is -2.32. The molecule has 178 valence electrons. The van der Waals surface area contributed by atoms with E-state index >= 15 is 0 Å². The number of thiophene rings is 1. The smallest absolute Gasteiger partial charge is 0.246 e.